The lowest BCUT2D eigenvalue weighted by Crippen LogP contribution is -2.07. The number of hydrogen-bond donors (Lipinski definition) is 1. The molecule has 0 radical (unpaired) electrons. The molecule has 3 aromatic carbocycles. The molecule has 0 saturated heterocycles. The molecule has 31 heavy (non-hydrogen) atoms. The van der Waals surface area contributed by atoms with Crippen LogP contribution < -0.4 is 14.8 Å². The third-order valence-corrected chi connectivity index (χ3v) is 4.63. The zero-order valence-electron chi connectivity index (χ0n) is 17.4. The second kappa shape index (κ2) is 8.71. The van der Waals surface area contributed by atoms with Gasteiger partial charge in [0.1, 0.15) is 17.2 Å². The Labute approximate surface area is 179 Å². The number of benzene rings is 3. The summed E-state index contributed by atoms with van der Waals surface area (Å²) in [6, 6.07) is 20.4. The Morgan fingerprint density at radius 3 is 2.16 bits per heavy atom. The second-order valence-corrected chi connectivity index (χ2v) is 6.94. The van der Waals surface area contributed by atoms with Gasteiger partial charge in [0.25, 0.3) is 5.89 Å². The van der Waals surface area contributed by atoms with Gasteiger partial charge in [-0.05, 0) is 73.2 Å². The van der Waals surface area contributed by atoms with E-state index in [4.69, 9.17) is 14.0 Å². The fourth-order valence-electron chi connectivity index (χ4n) is 2.99. The minimum Gasteiger partial charge on any atom is -0.497 e. The molecule has 0 aliphatic carbocycles. The normalized spacial score (nSPS) is 10.5. The Kier molecular flexibility index (Phi) is 5.66. The third-order valence-electron chi connectivity index (χ3n) is 4.63. The van der Waals surface area contributed by atoms with Gasteiger partial charge in [0.05, 0.1) is 7.11 Å². The van der Waals surface area contributed by atoms with Crippen LogP contribution in [0.2, 0.25) is 0 Å². The second-order valence-electron chi connectivity index (χ2n) is 6.94. The summed E-state index contributed by atoms with van der Waals surface area (Å²) in [6.07, 6.45) is 0. The van der Waals surface area contributed by atoms with Crippen LogP contribution in [0.3, 0.4) is 0 Å². The number of rotatable bonds is 6. The smallest absolute Gasteiger partial charge is 0.258 e. The van der Waals surface area contributed by atoms with Crippen LogP contribution in [0.5, 0.6) is 17.2 Å². The molecule has 7 heteroatoms. The molecule has 0 aliphatic heterocycles. The van der Waals surface area contributed by atoms with Gasteiger partial charge in [-0.25, -0.2) is 0 Å². The predicted molar refractivity (Wildman–Crippen MR) is 117 cm³/mol. The lowest BCUT2D eigenvalue weighted by molar-refractivity contribution is -0.114. The summed E-state index contributed by atoms with van der Waals surface area (Å²) in [5, 5.41) is 6.88. The maximum atomic E-state index is 11.4. The molecule has 0 unspecified atom stereocenters. The number of amides is 1. The number of ether oxygens (including phenoxy) is 2. The number of aryl methyl sites for hydroxylation is 1. The number of carbonyl (C=O) groups excluding carboxylic acids is 1. The van der Waals surface area contributed by atoms with Gasteiger partial charge in [-0.3, -0.25) is 4.79 Å². The molecule has 0 spiro atoms. The summed E-state index contributed by atoms with van der Waals surface area (Å²) < 4.78 is 16.4. The largest absolute Gasteiger partial charge is 0.497 e. The van der Waals surface area contributed by atoms with Crippen molar-refractivity contribution >= 4 is 11.6 Å². The van der Waals surface area contributed by atoms with Crippen LogP contribution in [-0.4, -0.2) is 23.2 Å². The maximum absolute atomic E-state index is 11.4. The topological polar surface area (TPSA) is 86.5 Å². The Bertz CT molecular complexity index is 1200. The molecule has 1 N–H and O–H groups in total. The SMILES string of the molecule is COc1ccc(Oc2ccc(-c3noc(-c4ccc(C)c(NC(C)=O)c4)n3)cc2)cc1. The van der Waals surface area contributed by atoms with Crippen molar-refractivity contribution in [3.05, 3.63) is 72.3 Å². The third kappa shape index (κ3) is 4.72. The first-order valence-corrected chi connectivity index (χ1v) is 9.66. The van der Waals surface area contributed by atoms with E-state index in [-0.39, 0.29) is 5.91 Å². The van der Waals surface area contributed by atoms with E-state index in [1.54, 1.807) is 7.11 Å². The molecule has 156 valence electrons. The van der Waals surface area contributed by atoms with Gasteiger partial charge in [-0.1, -0.05) is 11.2 Å². The van der Waals surface area contributed by atoms with Crippen molar-refractivity contribution in [2.45, 2.75) is 13.8 Å². The Morgan fingerprint density at radius 2 is 1.52 bits per heavy atom. The van der Waals surface area contributed by atoms with E-state index in [1.165, 1.54) is 6.92 Å². The zero-order valence-corrected chi connectivity index (χ0v) is 17.4. The quantitative estimate of drug-likeness (QED) is 0.449. The first-order chi connectivity index (χ1) is 15.0. The average Bonchev–Trinajstić information content (AvgIpc) is 3.26. The van der Waals surface area contributed by atoms with Crippen LogP contribution in [0.4, 0.5) is 5.69 Å². The lowest BCUT2D eigenvalue weighted by Gasteiger charge is -2.07. The monoisotopic (exact) mass is 415 g/mol. The molecule has 0 atom stereocenters. The molecule has 0 fully saturated rings. The molecule has 4 rings (SSSR count). The number of methoxy groups -OCH3 is 1. The summed E-state index contributed by atoms with van der Waals surface area (Å²) in [7, 11) is 1.62. The predicted octanol–water partition coefficient (Wildman–Crippen LogP) is 5.47. The number of carbonyl (C=O) groups is 1. The van der Waals surface area contributed by atoms with Crippen LogP contribution in [0.25, 0.3) is 22.8 Å². The molecule has 1 amide bonds. The van der Waals surface area contributed by atoms with E-state index in [0.29, 0.717) is 28.9 Å². The van der Waals surface area contributed by atoms with Crippen molar-refractivity contribution in [1.82, 2.24) is 10.1 Å². The van der Waals surface area contributed by atoms with Crippen LogP contribution in [0.1, 0.15) is 12.5 Å². The molecule has 0 aliphatic rings. The van der Waals surface area contributed by atoms with Gasteiger partial charge in [-0.2, -0.15) is 4.98 Å². The summed E-state index contributed by atoms with van der Waals surface area (Å²) in [5.41, 5.74) is 3.19. The van der Waals surface area contributed by atoms with E-state index < -0.39 is 0 Å². The highest BCUT2D eigenvalue weighted by Gasteiger charge is 2.13. The number of hydrogen-bond acceptors (Lipinski definition) is 6. The van der Waals surface area contributed by atoms with Gasteiger partial charge < -0.3 is 19.3 Å². The van der Waals surface area contributed by atoms with Gasteiger partial charge in [0, 0.05) is 23.7 Å². The maximum Gasteiger partial charge on any atom is 0.258 e. The van der Waals surface area contributed by atoms with Crippen molar-refractivity contribution in [3.8, 4) is 40.1 Å². The molecule has 1 aromatic heterocycles. The lowest BCUT2D eigenvalue weighted by atomic mass is 10.1. The van der Waals surface area contributed by atoms with Crippen molar-refractivity contribution in [2.24, 2.45) is 0 Å². The molecule has 0 saturated carbocycles. The van der Waals surface area contributed by atoms with Crippen molar-refractivity contribution in [3.63, 3.8) is 0 Å². The summed E-state index contributed by atoms with van der Waals surface area (Å²) in [5.74, 6) is 2.88. The molecular weight excluding hydrogens is 394 g/mol. The zero-order chi connectivity index (χ0) is 21.8. The van der Waals surface area contributed by atoms with Crippen molar-refractivity contribution in [2.75, 3.05) is 12.4 Å². The van der Waals surface area contributed by atoms with Crippen LogP contribution in [0, 0.1) is 6.92 Å². The van der Waals surface area contributed by atoms with Gasteiger partial charge in [0.2, 0.25) is 11.7 Å². The van der Waals surface area contributed by atoms with E-state index in [9.17, 15) is 4.79 Å². The summed E-state index contributed by atoms with van der Waals surface area (Å²) in [6.45, 7) is 3.39. The molecule has 4 aromatic rings. The number of nitrogens with one attached hydrogen (secondary N) is 1. The molecular formula is C24H21N3O4. The fourth-order valence-corrected chi connectivity index (χ4v) is 2.99. The highest BCUT2D eigenvalue weighted by Crippen LogP contribution is 2.29. The highest BCUT2D eigenvalue weighted by atomic mass is 16.5. The minimum atomic E-state index is -0.136. The van der Waals surface area contributed by atoms with Crippen molar-refractivity contribution in [1.29, 1.82) is 0 Å². The summed E-state index contributed by atoms with van der Waals surface area (Å²) >= 11 is 0. The standard InChI is InChI=1S/C24H21N3O4/c1-15-4-5-18(14-22(15)25-16(2)28)24-26-23(27-31-24)17-6-8-20(9-7-17)30-21-12-10-19(29-3)11-13-21/h4-14H,1-3H3,(H,25,28). The Morgan fingerprint density at radius 1 is 0.903 bits per heavy atom. The number of nitrogens with zero attached hydrogens (tertiary/aromatic N) is 2. The van der Waals surface area contributed by atoms with Gasteiger partial charge >= 0.3 is 0 Å². The van der Waals surface area contributed by atoms with E-state index in [0.717, 1.165) is 22.4 Å². The molecule has 0 bridgehead atoms. The minimum absolute atomic E-state index is 0.136. The molecule has 7 nitrogen and oxygen atoms in total. The van der Waals surface area contributed by atoms with E-state index in [1.807, 2.05) is 73.7 Å². The summed E-state index contributed by atoms with van der Waals surface area (Å²) in [4.78, 5) is 15.9. The first-order valence-electron chi connectivity index (χ1n) is 9.66. The Balaban J connectivity index is 1.50. The average molecular weight is 415 g/mol. The van der Waals surface area contributed by atoms with E-state index >= 15 is 0 Å². The van der Waals surface area contributed by atoms with Gasteiger partial charge in [-0.15, -0.1) is 0 Å². The fraction of sp³-hybridized carbons (Fsp3) is 0.125. The van der Waals surface area contributed by atoms with E-state index in [2.05, 4.69) is 15.5 Å². The van der Waals surface area contributed by atoms with Crippen LogP contribution in [-0.2, 0) is 4.79 Å². The van der Waals surface area contributed by atoms with Crippen LogP contribution in [0.15, 0.2) is 71.3 Å². The highest BCUT2D eigenvalue weighted by molar-refractivity contribution is 5.90. The van der Waals surface area contributed by atoms with Crippen molar-refractivity contribution < 1.29 is 18.8 Å². The Hall–Kier alpha value is -4.13. The first kappa shape index (κ1) is 20.2. The van der Waals surface area contributed by atoms with Crippen LogP contribution >= 0.6 is 0 Å². The molecule has 1 heterocycles. The number of aromatic nitrogens is 2. The van der Waals surface area contributed by atoms with Gasteiger partial charge in [0.15, 0.2) is 0 Å². The number of anilines is 1.